The number of pyridine rings is 1. The molecular formula is C7H2BrCl2F2NO. The predicted molar refractivity (Wildman–Crippen MR) is 52.1 cm³/mol. The van der Waals surface area contributed by atoms with Crippen molar-refractivity contribution in [2.24, 2.45) is 0 Å². The second-order valence-electron chi connectivity index (χ2n) is 2.27. The molecule has 0 unspecified atom stereocenters. The van der Waals surface area contributed by atoms with E-state index in [9.17, 15) is 13.6 Å². The zero-order valence-corrected chi connectivity index (χ0v) is 9.50. The minimum Gasteiger partial charge on any atom is -0.275 e. The van der Waals surface area contributed by atoms with E-state index >= 15 is 0 Å². The van der Waals surface area contributed by atoms with Crippen LogP contribution in [0.25, 0.3) is 0 Å². The molecule has 0 bridgehead atoms. The fraction of sp³-hybridized carbons (Fsp3) is 0.143. The van der Waals surface area contributed by atoms with Gasteiger partial charge >= 0.3 is 0 Å². The highest BCUT2D eigenvalue weighted by atomic mass is 79.9. The summed E-state index contributed by atoms with van der Waals surface area (Å²) in [6.07, 6.45) is -1.86. The third kappa shape index (κ3) is 2.21. The maximum atomic E-state index is 12.3. The summed E-state index contributed by atoms with van der Waals surface area (Å²) in [6, 6.07) is 0. The van der Waals surface area contributed by atoms with Crippen molar-refractivity contribution in [2.75, 3.05) is 0 Å². The van der Waals surface area contributed by atoms with Gasteiger partial charge in [0.1, 0.15) is 5.15 Å². The van der Waals surface area contributed by atoms with Crippen LogP contribution >= 0.6 is 39.1 Å². The lowest BCUT2D eigenvalue weighted by Crippen LogP contribution is -1.99. The molecule has 7 heteroatoms. The smallest absolute Gasteiger partial charge is 0.266 e. The lowest BCUT2D eigenvalue weighted by molar-refractivity contribution is 0.107. The van der Waals surface area contributed by atoms with Crippen molar-refractivity contribution < 1.29 is 13.6 Å². The Hall–Kier alpha value is -0.260. The molecular weight excluding hydrogens is 303 g/mol. The van der Waals surface area contributed by atoms with Gasteiger partial charge in [-0.2, -0.15) is 0 Å². The van der Waals surface area contributed by atoms with Gasteiger partial charge in [-0.05, 0) is 27.5 Å². The van der Waals surface area contributed by atoms with Crippen molar-refractivity contribution in [3.63, 3.8) is 0 Å². The summed E-state index contributed by atoms with van der Waals surface area (Å²) in [5.74, 6) is 0. The first kappa shape index (κ1) is 11.8. The fourth-order valence-corrected chi connectivity index (χ4v) is 2.13. The Balaban J connectivity index is 3.41. The van der Waals surface area contributed by atoms with Crippen molar-refractivity contribution in [3.8, 4) is 0 Å². The molecule has 1 aromatic heterocycles. The molecule has 0 saturated heterocycles. The fourth-order valence-electron chi connectivity index (χ4n) is 0.802. The lowest BCUT2D eigenvalue weighted by atomic mass is 10.2. The maximum absolute atomic E-state index is 12.3. The van der Waals surface area contributed by atoms with Crippen LogP contribution < -0.4 is 0 Å². The van der Waals surface area contributed by atoms with E-state index in [1.54, 1.807) is 0 Å². The topological polar surface area (TPSA) is 30.0 Å². The van der Waals surface area contributed by atoms with E-state index in [0.717, 1.165) is 6.20 Å². The van der Waals surface area contributed by atoms with Crippen molar-refractivity contribution in [2.45, 2.75) is 6.43 Å². The Kier molecular flexibility index (Phi) is 3.80. The Bertz CT molecular complexity index is 386. The highest BCUT2D eigenvalue weighted by Crippen LogP contribution is 2.33. The monoisotopic (exact) mass is 303 g/mol. The zero-order chi connectivity index (χ0) is 10.9. The zero-order valence-electron chi connectivity index (χ0n) is 6.40. The van der Waals surface area contributed by atoms with E-state index in [4.69, 9.17) is 23.2 Å². The average molecular weight is 305 g/mol. The van der Waals surface area contributed by atoms with E-state index in [2.05, 4.69) is 20.9 Å². The summed E-state index contributed by atoms with van der Waals surface area (Å²) in [5, 5.41) is -1.14. The number of hydrogen-bond donors (Lipinski definition) is 0. The molecule has 1 aromatic rings. The predicted octanol–water partition coefficient (Wildman–Crippen LogP) is 3.81. The van der Waals surface area contributed by atoms with Crippen LogP contribution in [0.15, 0.2) is 10.7 Å². The van der Waals surface area contributed by atoms with Gasteiger partial charge in [0.25, 0.3) is 11.7 Å². The van der Waals surface area contributed by atoms with Gasteiger partial charge in [0, 0.05) is 10.7 Å². The SMILES string of the molecule is O=C(Cl)c1c(Cl)ncc(C(F)F)c1Br. The quantitative estimate of drug-likeness (QED) is 0.614. The van der Waals surface area contributed by atoms with E-state index < -0.39 is 17.2 Å². The third-order valence-corrected chi connectivity index (χ3v) is 2.76. The normalized spacial score (nSPS) is 10.7. The lowest BCUT2D eigenvalue weighted by Gasteiger charge is -2.06. The number of aromatic nitrogens is 1. The van der Waals surface area contributed by atoms with E-state index in [1.165, 1.54) is 0 Å². The van der Waals surface area contributed by atoms with Crippen LogP contribution in [0, 0.1) is 0 Å². The van der Waals surface area contributed by atoms with Crippen LogP contribution in [0.4, 0.5) is 8.78 Å². The van der Waals surface area contributed by atoms with Crippen LogP contribution in [-0.4, -0.2) is 10.2 Å². The van der Waals surface area contributed by atoms with Crippen LogP contribution in [0.1, 0.15) is 22.3 Å². The van der Waals surface area contributed by atoms with Gasteiger partial charge in [0.15, 0.2) is 0 Å². The molecule has 0 aliphatic carbocycles. The second-order valence-corrected chi connectivity index (χ2v) is 3.76. The molecule has 2 nitrogen and oxygen atoms in total. The van der Waals surface area contributed by atoms with Crippen molar-refractivity contribution in [3.05, 3.63) is 26.9 Å². The molecule has 0 aliphatic heterocycles. The van der Waals surface area contributed by atoms with Crippen LogP contribution in [0.5, 0.6) is 0 Å². The average Bonchev–Trinajstić information content (AvgIpc) is 2.02. The number of halogens is 5. The Morgan fingerprint density at radius 3 is 2.57 bits per heavy atom. The van der Waals surface area contributed by atoms with E-state index in [0.29, 0.717) is 0 Å². The summed E-state index contributed by atoms with van der Waals surface area (Å²) in [4.78, 5) is 14.3. The summed E-state index contributed by atoms with van der Waals surface area (Å²) < 4.78 is 24.6. The van der Waals surface area contributed by atoms with Gasteiger partial charge in [0.2, 0.25) is 0 Å². The Morgan fingerprint density at radius 2 is 2.14 bits per heavy atom. The van der Waals surface area contributed by atoms with E-state index in [1.807, 2.05) is 0 Å². The van der Waals surface area contributed by atoms with Gasteiger partial charge in [-0.25, -0.2) is 13.8 Å². The number of rotatable bonds is 2. The largest absolute Gasteiger partial charge is 0.275 e. The maximum Gasteiger partial charge on any atom is 0.266 e. The number of hydrogen-bond acceptors (Lipinski definition) is 2. The molecule has 76 valence electrons. The molecule has 0 atom stereocenters. The third-order valence-electron chi connectivity index (χ3n) is 1.43. The number of alkyl halides is 2. The van der Waals surface area contributed by atoms with Gasteiger partial charge in [-0.15, -0.1) is 0 Å². The summed E-state index contributed by atoms with van der Waals surface area (Å²) >= 11 is 13.5. The molecule has 0 fully saturated rings. The molecule has 0 spiro atoms. The molecule has 0 N–H and O–H groups in total. The molecule has 1 rings (SSSR count). The molecule has 1 heterocycles. The highest BCUT2D eigenvalue weighted by molar-refractivity contribution is 9.10. The minimum atomic E-state index is -2.75. The Labute approximate surface area is 96.3 Å². The summed E-state index contributed by atoms with van der Waals surface area (Å²) in [6.45, 7) is 0. The molecule has 0 radical (unpaired) electrons. The number of carbonyl (C=O) groups excluding carboxylic acids is 1. The molecule has 0 saturated carbocycles. The molecule has 0 aromatic carbocycles. The van der Waals surface area contributed by atoms with Crippen molar-refractivity contribution in [1.29, 1.82) is 0 Å². The minimum absolute atomic E-state index is 0.118. The van der Waals surface area contributed by atoms with Crippen LogP contribution in [0.3, 0.4) is 0 Å². The van der Waals surface area contributed by atoms with E-state index in [-0.39, 0.29) is 15.2 Å². The number of nitrogens with zero attached hydrogens (tertiary/aromatic N) is 1. The second kappa shape index (κ2) is 4.51. The van der Waals surface area contributed by atoms with Gasteiger partial charge in [-0.1, -0.05) is 11.6 Å². The molecule has 0 amide bonds. The van der Waals surface area contributed by atoms with Gasteiger partial charge < -0.3 is 0 Å². The van der Waals surface area contributed by atoms with Crippen molar-refractivity contribution >= 4 is 44.4 Å². The first-order valence-corrected chi connectivity index (χ1v) is 4.82. The number of carbonyl (C=O) groups is 1. The molecule has 14 heavy (non-hydrogen) atoms. The van der Waals surface area contributed by atoms with Gasteiger partial charge in [0.05, 0.1) is 11.1 Å². The first-order chi connectivity index (χ1) is 6.45. The standard InChI is InChI=1S/C7H2BrCl2F2NO/c8-4-2(7(11)12)1-13-5(9)3(4)6(10)14/h1,7H. The summed E-state index contributed by atoms with van der Waals surface area (Å²) in [5.41, 5.74) is -0.662. The van der Waals surface area contributed by atoms with Gasteiger partial charge in [-0.3, -0.25) is 4.79 Å². The highest BCUT2D eigenvalue weighted by Gasteiger charge is 2.21. The Morgan fingerprint density at radius 1 is 1.57 bits per heavy atom. The summed E-state index contributed by atoms with van der Waals surface area (Å²) in [7, 11) is 0. The first-order valence-electron chi connectivity index (χ1n) is 3.27. The van der Waals surface area contributed by atoms with Crippen LogP contribution in [-0.2, 0) is 0 Å². The molecule has 0 aliphatic rings. The van der Waals surface area contributed by atoms with Crippen molar-refractivity contribution in [1.82, 2.24) is 4.98 Å². The van der Waals surface area contributed by atoms with Crippen LogP contribution in [0.2, 0.25) is 5.15 Å².